The number of aromatic nitrogens is 3. The molecule has 2 aromatic heterocycles. The Bertz CT molecular complexity index is 703. The number of fused-ring (bicyclic) bond motifs is 1. The van der Waals surface area contributed by atoms with Crippen molar-refractivity contribution in [3.8, 4) is 17.1 Å². The Kier molecular flexibility index (Phi) is 3.83. The monoisotopic (exact) mass is 282 g/mol. The van der Waals surface area contributed by atoms with Crippen LogP contribution in [0.1, 0.15) is 0 Å². The summed E-state index contributed by atoms with van der Waals surface area (Å²) in [6, 6.07) is 11.8. The predicted octanol–water partition coefficient (Wildman–Crippen LogP) is 2.57. The minimum Gasteiger partial charge on any atom is -0.492 e. The molecule has 0 saturated carbocycles. The minimum absolute atomic E-state index is 0.665. The number of hydrogen-bond donors (Lipinski definition) is 1. The van der Waals surface area contributed by atoms with Crippen LogP contribution in [0.5, 0.6) is 5.75 Å². The summed E-state index contributed by atoms with van der Waals surface area (Å²) in [5, 5.41) is 0. The first-order valence-electron chi connectivity index (χ1n) is 6.91. The molecule has 0 aliphatic rings. The molecule has 2 heterocycles. The zero-order chi connectivity index (χ0) is 14.7. The molecule has 0 radical (unpaired) electrons. The number of hydrogen-bond acceptors (Lipinski definition) is 4. The van der Waals surface area contributed by atoms with E-state index < -0.39 is 0 Å². The van der Waals surface area contributed by atoms with Crippen molar-refractivity contribution in [3.05, 3.63) is 42.6 Å². The zero-order valence-electron chi connectivity index (χ0n) is 12.2. The molecular weight excluding hydrogens is 264 g/mol. The number of aromatic amines is 1. The molecule has 0 fully saturated rings. The Hall–Kier alpha value is -2.40. The van der Waals surface area contributed by atoms with Gasteiger partial charge in [-0.15, -0.1) is 0 Å². The quantitative estimate of drug-likeness (QED) is 0.781. The topological polar surface area (TPSA) is 54.0 Å². The zero-order valence-corrected chi connectivity index (χ0v) is 12.2. The van der Waals surface area contributed by atoms with Gasteiger partial charge in [0, 0.05) is 18.3 Å². The Morgan fingerprint density at radius 2 is 2.10 bits per heavy atom. The Labute approximate surface area is 123 Å². The molecule has 21 heavy (non-hydrogen) atoms. The first kappa shape index (κ1) is 13.6. The highest BCUT2D eigenvalue weighted by Crippen LogP contribution is 2.23. The van der Waals surface area contributed by atoms with Gasteiger partial charge >= 0.3 is 0 Å². The van der Waals surface area contributed by atoms with Gasteiger partial charge in [-0.2, -0.15) is 0 Å². The molecule has 0 unspecified atom stereocenters. The van der Waals surface area contributed by atoms with Crippen molar-refractivity contribution in [2.75, 3.05) is 27.2 Å². The second-order valence-corrected chi connectivity index (χ2v) is 5.14. The average molecular weight is 282 g/mol. The van der Waals surface area contributed by atoms with Crippen molar-refractivity contribution in [1.29, 1.82) is 0 Å². The highest BCUT2D eigenvalue weighted by Gasteiger charge is 2.06. The number of H-pyrrole nitrogens is 1. The summed E-state index contributed by atoms with van der Waals surface area (Å²) in [4.78, 5) is 14.1. The highest BCUT2D eigenvalue weighted by atomic mass is 16.5. The smallest absolute Gasteiger partial charge is 0.178 e. The summed E-state index contributed by atoms with van der Waals surface area (Å²) < 4.78 is 5.75. The SMILES string of the molecule is CN(C)CCOc1cccc(-c2nc3ncccc3[nH]2)c1. The summed E-state index contributed by atoms with van der Waals surface area (Å²) in [5.74, 6) is 1.66. The Morgan fingerprint density at radius 1 is 1.19 bits per heavy atom. The Balaban J connectivity index is 1.81. The molecule has 1 N–H and O–H groups in total. The molecule has 0 saturated heterocycles. The van der Waals surface area contributed by atoms with Gasteiger partial charge in [0.1, 0.15) is 18.2 Å². The standard InChI is InChI=1S/C16H18N4O/c1-20(2)9-10-21-13-6-3-5-12(11-13)15-18-14-7-4-8-17-16(14)19-15/h3-8,11H,9-10H2,1-2H3,(H,17,18,19). The maximum Gasteiger partial charge on any atom is 0.178 e. The normalized spacial score (nSPS) is 11.2. The number of nitrogens with one attached hydrogen (secondary N) is 1. The molecule has 3 rings (SSSR count). The summed E-state index contributed by atoms with van der Waals surface area (Å²) in [5.41, 5.74) is 2.66. The van der Waals surface area contributed by atoms with Gasteiger partial charge in [-0.05, 0) is 38.4 Å². The maximum atomic E-state index is 5.75. The lowest BCUT2D eigenvalue weighted by Crippen LogP contribution is -2.19. The van der Waals surface area contributed by atoms with Crippen LogP contribution in [0, 0.1) is 0 Å². The first-order valence-corrected chi connectivity index (χ1v) is 6.91. The van der Waals surface area contributed by atoms with Gasteiger partial charge in [0.2, 0.25) is 0 Å². The van der Waals surface area contributed by atoms with Crippen LogP contribution in [-0.4, -0.2) is 47.1 Å². The van der Waals surface area contributed by atoms with E-state index in [4.69, 9.17) is 4.74 Å². The average Bonchev–Trinajstić information content (AvgIpc) is 2.91. The largest absolute Gasteiger partial charge is 0.492 e. The van der Waals surface area contributed by atoms with Gasteiger partial charge in [-0.1, -0.05) is 12.1 Å². The second kappa shape index (κ2) is 5.93. The van der Waals surface area contributed by atoms with Crippen LogP contribution in [0.3, 0.4) is 0 Å². The molecule has 0 aliphatic carbocycles. The lowest BCUT2D eigenvalue weighted by atomic mass is 10.2. The van der Waals surface area contributed by atoms with Gasteiger partial charge < -0.3 is 14.6 Å². The second-order valence-electron chi connectivity index (χ2n) is 5.14. The third-order valence-corrected chi connectivity index (χ3v) is 3.17. The third kappa shape index (κ3) is 3.20. The molecule has 5 nitrogen and oxygen atoms in total. The van der Waals surface area contributed by atoms with E-state index in [2.05, 4.69) is 19.9 Å². The molecule has 0 bridgehead atoms. The van der Waals surface area contributed by atoms with E-state index in [0.29, 0.717) is 6.61 Å². The lowest BCUT2D eigenvalue weighted by Gasteiger charge is -2.11. The molecular formula is C16H18N4O. The third-order valence-electron chi connectivity index (χ3n) is 3.17. The van der Waals surface area contributed by atoms with Gasteiger partial charge in [0.15, 0.2) is 5.65 Å². The maximum absolute atomic E-state index is 5.75. The summed E-state index contributed by atoms with van der Waals surface area (Å²) in [6.45, 7) is 1.55. The molecule has 0 atom stereocenters. The van der Waals surface area contributed by atoms with Crippen LogP contribution in [0.4, 0.5) is 0 Å². The molecule has 5 heteroatoms. The molecule has 0 spiro atoms. The number of ether oxygens (including phenoxy) is 1. The number of rotatable bonds is 5. The fraction of sp³-hybridized carbons (Fsp3) is 0.250. The van der Waals surface area contributed by atoms with E-state index >= 15 is 0 Å². The van der Waals surface area contributed by atoms with Crippen LogP contribution in [0.2, 0.25) is 0 Å². The molecule has 108 valence electrons. The van der Waals surface area contributed by atoms with E-state index in [1.54, 1.807) is 6.20 Å². The summed E-state index contributed by atoms with van der Waals surface area (Å²) >= 11 is 0. The molecule has 3 aromatic rings. The highest BCUT2D eigenvalue weighted by molar-refractivity contribution is 5.75. The van der Waals surface area contributed by atoms with Crippen LogP contribution in [-0.2, 0) is 0 Å². The van der Waals surface area contributed by atoms with Crippen LogP contribution >= 0.6 is 0 Å². The lowest BCUT2D eigenvalue weighted by molar-refractivity contribution is 0.261. The van der Waals surface area contributed by atoms with Crippen LogP contribution in [0.25, 0.3) is 22.6 Å². The number of benzene rings is 1. The van der Waals surface area contributed by atoms with Crippen LogP contribution in [0.15, 0.2) is 42.6 Å². The Morgan fingerprint density at radius 3 is 2.90 bits per heavy atom. The molecule has 0 amide bonds. The predicted molar refractivity (Wildman–Crippen MR) is 83.4 cm³/mol. The van der Waals surface area contributed by atoms with Crippen molar-refractivity contribution >= 4 is 11.2 Å². The van der Waals surface area contributed by atoms with E-state index in [-0.39, 0.29) is 0 Å². The number of imidazole rings is 1. The van der Waals surface area contributed by atoms with Gasteiger partial charge in [-0.3, -0.25) is 0 Å². The van der Waals surface area contributed by atoms with Gasteiger partial charge in [0.05, 0.1) is 5.52 Å². The summed E-state index contributed by atoms with van der Waals surface area (Å²) in [7, 11) is 4.06. The van der Waals surface area contributed by atoms with E-state index in [1.165, 1.54) is 0 Å². The van der Waals surface area contributed by atoms with Gasteiger partial charge in [0.25, 0.3) is 0 Å². The van der Waals surface area contributed by atoms with Crippen molar-refractivity contribution in [1.82, 2.24) is 19.9 Å². The number of pyridine rings is 1. The van der Waals surface area contributed by atoms with E-state index in [0.717, 1.165) is 34.8 Å². The first-order chi connectivity index (χ1) is 10.2. The number of likely N-dealkylation sites (N-methyl/N-ethyl adjacent to an activating group) is 1. The van der Waals surface area contributed by atoms with Crippen LogP contribution < -0.4 is 4.74 Å². The van der Waals surface area contributed by atoms with E-state index in [9.17, 15) is 0 Å². The fourth-order valence-corrected chi connectivity index (χ4v) is 2.06. The fourth-order valence-electron chi connectivity index (χ4n) is 2.06. The van der Waals surface area contributed by atoms with Crippen molar-refractivity contribution in [2.24, 2.45) is 0 Å². The van der Waals surface area contributed by atoms with Crippen molar-refractivity contribution in [2.45, 2.75) is 0 Å². The molecule has 0 aliphatic heterocycles. The van der Waals surface area contributed by atoms with E-state index in [1.807, 2.05) is 50.5 Å². The van der Waals surface area contributed by atoms with Gasteiger partial charge in [-0.25, -0.2) is 9.97 Å². The van der Waals surface area contributed by atoms with Crippen molar-refractivity contribution < 1.29 is 4.74 Å². The van der Waals surface area contributed by atoms with Crippen molar-refractivity contribution in [3.63, 3.8) is 0 Å². The number of nitrogens with zero attached hydrogens (tertiary/aromatic N) is 3. The summed E-state index contributed by atoms with van der Waals surface area (Å²) in [6.07, 6.45) is 1.74. The minimum atomic E-state index is 0.665. The molecule has 1 aromatic carbocycles.